The monoisotopic (exact) mass is 481 g/mol. The summed E-state index contributed by atoms with van der Waals surface area (Å²) in [4.78, 5) is 39.8. The Morgan fingerprint density at radius 2 is 1.94 bits per heavy atom. The molecule has 35 heavy (non-hydrogen) atoms. The first-order valence-corrected chi connectivity index (χ1v) is 12.2. The van der Waals surface area contributed by atoms with E-state index in [1.54, 1.807) is 19.2 Å². The Bertz CT molecular complexity index is 1200. The van der Waals surface area contributed by atoms with Crippen molar-refractivity contribution in [2.75, 3.05) is 20.1 Å². The zero-order valence-electron chi connectivity index (χ0n) is 19.7. The van der Waals surface area contributed by atoms with Gasteiger partial charge in [0.1, 0.15) is 6.04 Å². The molecular formula is C27H29F2N3O3. The number of nitrogens with zero attached hydrogens (tertiary/aromatic N) is 1. The van der Waals surface area contributed by atoms with Gasteiger partial charge in [0.15, 0.2) is 11.6 Å². The molecular weight excluding hydrogens is 452 g/mol. The van der Waals surface area contributed by atoms with Gasteiger partial charge in [0, 0.05) is 31.6 Å². The fourth-order valence-electron chi connectivity index (χ4n) is 5.86. The number of rotatable bonds is 3. The molecule has 5 rings (SSSR count). The molecule has 3 amide bonds. The van der Waals surface area contributed by atoms with E-state index in [2.05, 4.69) is 10.6 Å². The number of likely N-dealkylation sites (N-methyl/N-ethyl adjacent to an activating group) is 1. The van der Waals surface area contributed by atoms with E-state index in [-0.39, 0.29) is 41.2 Å². The lowest BCUT2D eigenvalue weighted by atomic mass is 9.70. The highest BCUT2D eigenvalue weighted by molar-refractivity contribution is 5.98. The van der Waals surface area contributed by atoms with Crippen molar-refractivity contribution < 1.29 is 23.2 Å². The maximum Gasteiger partial charge on any atom is 0.251 e. The molecule has 6 nitrogen and oxygen atoms in total. The third-order valence-electron chi connectivity index (χ3n) is 7.94. The van der Waals surface area contributed by atoms with E-state index in [0.717, 1.165) is 36.5 Å². The minimum absolute atomic E-state index is 0.123. The third-order valence-corrected chi connectivity index (χ3v) is 7.94. The maximum absolute atomic E-state index is 14.4. The van der Waals surface area contributed by atoms with Crippen molar-refractivity contribution >= 4 is 17.7 Å². The maximum atomic E-state index is 14.4. The van der Waals surface area contributed by atoms with E-state index in [1.165, 1.54) is 11.0 Å². The Morgan fingerprint density at radius 1 is 1.11 bits per heavy atom. The Labute approximate surface area is 203 Å². The van der Waals surface area contributed by atoms with Crippen LogP contribution in [0.15, 0.2) is 36.4 Å². The van der Waals surface area contributed by atoms with Gasteiger partial charge < -0.3 is 15.5 Å². The van der Waals surface area contributed by atoms with Gasteiger partial charge in [-0.1, -0.05) is 18.2 Å². The quantitative estimate of drug-likeness (QED) is 0.707. The molecule has 1 aliphatic carbocycles. The van der Waals surface area contributed by atoms with Crippen molar-refractivity contribution in [2.45, 2.75) is 50.5 Å². The van der Waals surface area contributed by atoms with Crippen LogP contribution in [0.2, 0.25) is 0 Å². The molecule has 0 radical (unpaired) electrons. The average Bonchev–Trinajstić information content (AvgIpc) is 3.13. The first-order chi connectivity index (χ1) is 16.8. The minimum Gasteiger partial charge on any atom is -0.356 e. The summed E-state index contributed by atoms with van der Waals surface area (Å²) in [7, 11) is 1.62. The third kappa shape index (κ3) is 4.30. The van der Waals surface area contributed by atoms with Crippen molar-refractivity contribution in [2.24, 2.45) is 5.41 Å². The highest BCUT2D eigenvalue weighted by Gasteiger charge is 2.44. The molecule has 3 atom stereocenters. The molecule has 0 aromatic heterocycles. The van der Waals surface area contributed by atoms with E-state index >= 15 is 0 Å². The van der Waals surface area contributed by atoms with Gasteiger partial charge in [0.05, 0.1) is 5.41 Å². The first kappa shape index (κ1) is 23.5. The average molecular weight is 482 g/mol. The number of carbonyl (C=O) groups excluding carboxylic acids is 3. The van der Waals surface area contributed by atoms with Crippen molar-refractivity contribution in [3.05, 3.63) is 70.3 Å². The number of fused-ring (bicyclic) bond motifs is 1. The lowest BCUT2D eigenvalue weighted by Gasteiger charge is -2.32. The number of hydrogen-bond donors (Lipinski definition) is 2. The summed E-state index contributed by atoms with van der Waals surface area (Å²) < 4.78 is 28.1. The minimum atomic E-state index is -0.905. The zero-order chi connectivity index (χ0) is 24.7. The topological polar surface area (TPSA) is 78.5 Å². The van der Waals surface area contributed by atoms with Crippen LogP contribution in [0.4, 0.5) is 8.78 Å². The fourth-order valence-corrected chi connectivity index (χ4v) is 5.86. The summed E-state index contributed by atoms with van der Waals surface area (Å²) in [5.41, 5.74) is 2.55. The van der Waals surface area contributed by atoms with Crippen LogP contribution >= 0.6 is 0 Å². The first-order valence-electron chi connectivity index (χ1n) is 12.2. The molecule has 2 N–H and O–H groups in total. The normalized spacial score (nSPS) is 26.3. The Kier molecular flexibility index (Phi) is 6.07. The SMILES string of the molecule is CN1CC(c2cccc(F)c2F)CCC(NC(=O)c2ccc3c(c2)CCC2(CCNC2=O)C3)C1=O. The second-order valence-electron chi connectivity index (χ2n) is 10.1. The summed E-state index contributed by atoms with van der Waals surface area (Å²) >= 11 is 0. The van der Waals surface area contributed by atoms with Gasteiger partial charge in [-0.3, -0.25) is 14.4 Å². The number of halogens is 2. The molecule has 2 fully saturated rings. The molecule has 2 aromatic carbocycles. The van der Waals surface area contributed by atoms with E-state index < -0.39 is 17.7 Å². The summed E-state index contributed by atoms with van der Waals surface area (Å²) in [5, 5.41) is 5.79. The highest BCUT2D eigenvalue weighted by Crippen LogP contribution is 2.41. The number of aryl methyl sites for hydroxylation is 1. The van der Waals surface area contributed by atoms with Crippen LogP contribution in [-0.2, 0) is 22.4 Å². The van der Waals surface area contributed by atoms with Crippen molar-refractivity contribution in [1.29, 1.82) is 0 Å². The van der Waals surface area contributed by atoms with Gasteiger partial charge >= 0.3 is 0 Å². The molecule has 2 saturated heterocycles. The van der Waals surface area contributed by atoms with E-state index in [0.29, 0.717) is 31.4 Å². The molecule has 1 spiro atoms. The summed E-state index contributed by atoms with van der Waals surface area (Å²) in [6.45, 7) is 0.963. The zero-order valence-corrected chi connectivity index (χ0v) is 19.7. The molecule has 3 unspecified atom stereocenters. The predicted molar refractivity (Wildman–Crippen MR) is 126 cm³/mol. The lowest BCUT2D eigenvalue weighted by molar-refractivity contribution is -0.131. The number of benzene rings is 2. The van der Waals surface area contributed by atoms with Gasteiger partial charge in [-0.25, -0.2) is 8.78 Å². The van der Waals surface area contributed by atoms with Gasteiger partial charge in [0.2, 0.25) is 11.8 Å². The van der Waals surface area contributed by atoms with Crippen LogP contribution in [-0.4, -0.2) is 48.8 Å². The van der Waals surface area contributed by atoms with Gasteiger partial charge in [0.25, 0.3) is 5.91 Å². The van der Waals surface area contributed by atoms with Gasteiger partial charge in [-0.2, -0.15) is 0 Å². The number of hydrogen-bond acceptors (Lipinski definition) is 3. The second-order valence-corrected chi connectivity index (χ2v) is 10.1. The van der Waals surface area contributed by atoms with Crippen LogP contribution in [0.5, 0.6) is 0 Å². The largest absolute Gasteiger partial charge is 0.356 e. The van der Waals surface area contributed by atoms with Gasteiger partial charge in [-0.15, -0.1) is 0 Å². The van der Waals surface area contributed by atoms with Crippen LogP contribution < -0.4 is 10.6 Å². The Balaban J connectivity index is 1.29. The number of likely N-dealkylation sites (tertiary alicyclic amines) is 1. The molecule has 2 aliphatic heterocycles. The summed E-state index contributed by atoms with van der Waals surface area (Å²) in [6, 6.07) is 8.88. The standard InChI is InChI=1S/C27H29F2N3O3/c1-32-15-19(20-3-2-4-21(28)23(20)29)7-8-22(25(32)34)31-24(33)17-5-6-18-14-27(10-9-16(18)13-17)11-12-30-26(27)35/h2-6,13,19,22H,7-12,14-15H2,1H3,(H,30,35)(H,31,33). The molecule has 8 heteroatoms. The molecule has 0 bridgehead atoms. The molecule has 184 valence electrons. The van der Waals surface area contributed by atoms with E-state index in [9.17, 15) is 23.2 Å². The molecule has 0 saturated carbocycles. The second kappa shape index (κ2) is 9.06. The van der Waals surface area contributed by atoms with Crippen LogP contribution in [0.1, 0.15) is 58.6 Å². The molecule has 2 heterocycles. The summed E-state index contributed by atoms with van der Waals surface area (Å²) in [5.74, 6) is -2.61. The van der Waals surface area contributed by atoms with Crippen molar-refractivity contribution in [3.63, 3.8) is 0 Å². The number of carbonyl (C=O) groups is 3. The number of amides is 3. The lowest BCUT2D eigenvalue weighted by Crippen LogP contribution is -2.46. The molecule has 2 aromatic rings. The predicted octanol–water partition coefficient (Wildman–Crippen LogP) is 3.09. The smallest absolute Gasteiger partial charge is 0.251 e. The van der Waals surface area contributed by atoms with Crippen LogP contribution in [0, 0.1) is 17.0 Å². The Morgan fingerprint density at radius 3 is 2.71 bits per heavy atom. The molecule has 3 aliphatic rings. The fraction of sp³-hybridized carbons (Fsp3) is 0.444. The van der Waals surface area contributed by atoms with E-state index in [1.807, 2.05) is 12.1 Å². The van der Waals surface area contributed by atoms with Crippen LogP contribution in [0.25, 0.3) is 0 Å². The van der Waals surface area contributed by atoms with E-state index in [4.69, 9.17) is 0 Å². The van der Waals surface area contributed by atoms with Crippen molar-refractivity contribution in [1.82, 2.24) is 15.5 Å². The van der Waals surface area contributed by atoms with Gasteiger partial charge in [-0.05, 0) is 73.4 Å². The number of nitrogens with one attached hydrogen (secondary N) is 2. The highest BCUT2D eigenvalue weighted by atomic mass is 19.2. The Hall–Kier alpha value is -3.29. The van der Waals surface area contributed by atoms with Crippen LogP contribution in [0.3, 0.4) is 0 Å². The van der Waals surface area contributed by atoms with Crippen molar-refractivity contribution in [3.8, 4) is 0 Å². The summed E-state index contributed by atoms with van der Waals surface area (Å²) in [6.07, 6.45) is 3.79.